The molecule has 1 heterocycles. The van der Waals surface area contributed by atoms with E-state index in [1.54, 1.807) is 6.20 Å². The molecule has 0 radical (unpaired) electrons. The Kier molecular flexibility index (Phi) is 2.52. The molecular weight excluding hydrogens is 214 g/mol. The number of rotatable bonds is 3. The lowest BCUT2D eigenvalue weighted by Crippen LogP contribution is -2.34. The van der Waals surface area contributed by atoms with E-state index in [2.05, 4.69) is 9.72 Å². The van der Waals surface area contributed by atoms with Gasteiger partial charge in [-0.3, -0.25) is 0 Å². The van der Waals surface area contributed by atoms with Gasteiger partial charge in [0, 0.05) is 16.5 Å². The van der Waals surface area contributed by atoms with Crippen LogP contribution < -0.4 is 0 Å². The molecule has 0 amide bonds. The van der Waals surface area contributed by atoms with E-state index in [9.17, 15) is 9.90 Å². The van der Waals surface area contributed by atoms with Gasteiger partial charge < -0.3 is 9.84 Å². The van der Waals surface area contributed by atoms with Crippen molar-refractivity contribution in [2.45, 2.75) is 31.3 Å². The SMILES string of the molecule is COC(=O)C(O)C1(c2cnc(C)s2)CC1. The van der Waals surface area contributed by atoms with E-state index in [4.69, 9.17) is 0 Å². The van der Waals surface area contributed by atoms with Gasteiger partial charge in [0.1, 0.15) is 0 Å². The number of carbonyl (C=O) groups is 1. The average molecular weight is 227 g/mol. The Bertz CT molecular complexity index is 384. The van der Waals surface area contributed by atoms with Gasteiger partial charge in [0.15, 0.2) is 6.10 Å². The second-order valence-corrected chi connectivity index (χ2v) is 5.06. The van der Waals surface area contributed by atoms with Crippen LogP contribution in [0.4, 0.5) is 0 Å². The number of methoxy groups -OCH3 is 1. The highest BCUT2D eigenvalue weighted by Crippen LogP contribution is 2.52. The molecule has 0 spiro atoms. The van der Waals surface area contributed by atoms with Crippen LogP contribution in [0.15, 0.2) is 6.20 Å². The van der Waals surface area contributed by atoms with Gasteiger partial charge >= 0.3 is 5.97 Å². The summed E-state index contributed by atoms with van der Waals surface area (Å²) >= 11 is 1.53. The van der Waals surface area contributed by atoms with Gasteiger partial charge in [-0.05, 0) is 19.8 Å². The average Bonchev–Trinajstić information content (AvgIpc) is 2.94. The summed E-state index contributed by atoms with van der Waals surface area (Å²) in [6.07, 6.45) is 2.34. The number of aryl methyl sites for hydroxylation is 1. The maximum Gasteiger partial charge on any atom is 0.335 e. The van der Waals surface area contributed by atoms with Crippen LogP contribution >= 0.6 is 11.3 Å². The number of esters is 1. The minimum absolute atomic E-state index is 0.418. The summed E-state index contributed by atoms with van der Waals surface area (Å²) in [5.74, 6) is -0.557. The lowest BCUT2D eigenvalue weighted by atomic mass is 9.98. The first-order valence-corrected chi connectivity index (χ1v) is 5.60. The lowest BCUT2D eigenvalue weighted by Gasteiger charge is -2.17. The molecule has 1 aromatic rings. The third-order valence-electron chi connectivity index (χ3n) is 2.85. The molecule has 0 aromatic carbocycles. The number of nitrogens with zero attached hydrogens (tertiary/aromatic N) is 1. The highest BCUT2D eigenvalue weighted by molar-refractivity contribution is 7.11. The Labute approximate surface area is 91.9 Å². The molecule has 15 heavy (non-hydrogen) atoms. The summed E-state index contributed by atoms with van der Waals surface area (Å²) in [4.78, 5) is 16.4. The summed E-state index contributed by atoms with van der Waals surface area (Å²) < 4.78 is 4.56. The number of thiazole rings is 1. The molecule has 0 aliphatic heterocycles. The molecule has 1 unspecified atom stereocenters. The highest BCUT2D eigenvalue weighted by atomic mass is 32.1. The topological polar surface area (TPSA) is 59.4 Å². The molecule has 0 bridgehead atoms. The summed E-state index contributed by atoms with van der Waals surface area (Å²) in [7, 11) is 1.29. The van der Waals surface area contributed by atoms with Crippen LogP contribution in [0.3, 0.4) is 0 Å². The molecule has 1 saturated carbocycles. The van der Waals surface area contributed by atoms with Crippen molar-refractivity contribution in [1.29, 1.82) is 0 Å². The maximum absolute atomic E-state index is 11.3. The van der Waals surface area contributed by atoms with Crippen LogP contribution in [-0.4, -0.2) is 29.3 Å². The molecule has 0 saturated heterocycles. The summed E-state index contributed by atoms with van der Waals surface area (Å²) in [6, 6.07) is 0. The molecule has 82 valence electrons. The van der Waals surface area contributed by atoms with Crippen LogP contribution in [-0.2, 0) is 14.9 Å². The van der Waals surface area contributed by atoms with Crippen molar-refractivity contribution in [2.75, 3.05) is 7.11 Å². The van der Waals surface area contributed by atoms with Gasteiger partial charge in [-0.2, -0.15) is 0 Å². The van der Waals surface area contributed by atoms with Crippen LogP contribution in [0, 0.1) is 6.92 Å². The van der Waals surface area contributed by atoms with Crippen molar-refractivity contribution in [2.24, 2.45) is 0 Å². The Morgan fingerprint density at radius 2 is 2.40 bits per heavy atom. The molecule has 1 aliphatic carbocycles. The van der Waals surface area contributed by atoms with Crippen molar-refractivity contribution in [3.05, 3.63) is 16.1 Å². The quantitative estimate of drug-likeness (QED) is 0.783. The third-order valence-corrected chi connectivity index (χ3v) is 3.98. The Balaban J connectivity index is 2.24. The Hall–Kier alpha value is -0.940. The molecule has 1 N–H and O–H groups in total. The lowest BCUT2D eigenvalue weighted by molar-refractivity contribution is -0.152. The number of ether oxygens (including phenoxy) is 1. The van der Waals surface area contributed by atoms with E-state index in [-0.39, 0.29) is 0 Å². The minimum atomic E-state index is -1.05. The van der Waals surface area contributed by atoms with Crippen LogP contribution in [0.2, 0.25) is 0 Å². The van der Waals surface area contributed by atoms with Gasteiger partial charge in [-0.1, -0.05) is 0 Å². The second kappa shape index (κ2) is 3.57. The van der Waals surface area contributed by atoms with E-state index < -0.39 is 17.5 Å². The predicted molar refractivity (Wildman–Crippen MR) is 55.8 cm³/mol. The smallest absolute Gasteiger partial charge is 0.335 e. The minimum Gasteiger partial charge on any atom is -0.467 e. The van der Waals surface area contributed by atoms with Crippen molar-refractivity contribution in [3.8, 4) is 0 Å². The molecule has 1 aliphatic rings. The van der Waals surface area contributed by atoms with E-state index in [1.165, 1.54) is 18.4 Å². The summed E-state index contributed by atoms with van der Waals surface area (Å²) in [6.45, 7) is 1.91. The fraction of sp³-hybridized carbons (Fsp3) is 0.600. The van der Waals surface area contributed by atoms with E-state index in [1.807, 2.05) is 6.92 Å². The maximum atomic E-state index is 11.3. The van der Waals surface area contributed by atoms with Crippen molar-refractivity contribution in [1.82, 2.24) is 4.98 Å². The second-order valence-electron chi connectivity index (χ2n) is 3.83. The fourth-order valence-corrected chi connectivity index (χ4v) is 2.77. The van der Waals surface area contributed by atoms with Gasteiger partial charge in [-0.15, -0.1) is 11.3 Å². The van der Waals surface area contributed by atoms with Crippen molar-refractivity contribution < 1.29 is 14.6 Å². The first kappa shape index (κ1) is 10.6. The normalized spacial score (nSPS) is 19.7. The monoisotopic (exact) mass is 227 g/mol. The van der Waals surface area contributed by atoms with E-state index in [0.717, 1.165) is 22.7 Å². The molecule has 4 nitrogen and oxygen atoms in total. The molecular formula is C10H13NO3S. The van der Waals surface area contributed by atoms with Crippen LogP contribution in [0.5, 0.6) is 0 Å². The van der Waals surface area contributed by atoms with Gasteiger partial charge in [-0.25, -0.2) is 9.78 Å². The standard InChI is InChI=1S/C10H13NO3S/c1-6-11-5-7(15-6)10(3-4-10)8(12)9(13)14-2/h5,8,12H,3-4H2,1-2H3. The number of carbonyl (C=O) groups excluding carboxylic acids is 1. The highest BCUT2D eigenvalue weighted by Gasteiger charge is 2.55. The molecule has 5 heteroatoms. The number of aromatic nitrogens is 1. The first-order chi connectivity index (χ1) is 7.10. The molecule has 1 aromatic heterocycles. The molecule has 2 rings (SSSR count). The zero-order valence-corrected chi connectivity index (χ0v) is 9.50. The van der Waals surface area contributed by atoms with E-state index in [0.29, 0.717) is 0 Å². The Morgan fingerprint density at radius 1 is 1.73 bits per heavy atom. The van der Waals surface area contributed by atoms with Crippen molar-refractivity contribution >= 4 is 17.3 Å². The summed E-state index contributed by atoms with van der Waals surface area (Å²) in [5.41, 5.74) is -0.418. The number of aliphatic hydroxyl groups is 1. The zero-order chi connectivity index (χ0) is 11.1. The van der Waals surface area contributed by atoms with Gasteiger partial charge in [0.2, 0.25) is 0 Å². The molecule has 1 atom stereocenters. The Morgan fingerprint density at radius 3 is 2.80 bits per heavy atom. The fourth-order valence-electron chi connectivity index (χ4n) is 1.72. The largest absolute Gasteiger partial charge is 0.467 e. The molecule has 1 fully saturated rings. The number of hydrogen-bond acceptors (Lipinski definition) is 5. The van der Waals surface area contributed by atoms with Gasteiger partial charge in [0.05, 0.1) is 12.1 Å². The van der Waals surface area contributed by atoms with Crippen LogP contribution in [0.25, 0.3) is 0 Å². The number of hydrogen-bond donors (Lipinski definition) is 1. The summed E-state index contributed by atoms with van der Waals surface area (Å²) in [5, 5.41) is 10.8. The van der Waals surface area contributed by atoms with Crippen LogP contribution in [0.1, 0.15) is 22.7 Å². The zero-order valence-electron chi connectivity index (χ0n) is 8.69. The third kappa shape index (κ3) is 1.66. The predicted octanol–water partition coefficient (Wildman–Crippen LogP) is 1.02. The number of aliphatic hydroxyl groups excluding tert-OH is 1. The van der Waals surface area contributed by atoms with E-state index >= 15 is 0 Å². The van der Waals surface area contributed by atoms with Gasteiger partial charge in [0.25, 0.3) is 0 Å². The first-order valence-electron chi connectivity index (χ1n) is 4.79. The van der Waals surface area contributed by atoms with Crippen molar-refractivity contribution in [3.63, 3.8) is 0 Å².